The molecular weight excluding hydrogens is 560 g/mol. The molecule has 1 aliphatic carbocycles. The van der Waals surface area contributed by atoms with Crippen molar-refractivity contribution >= 4 is 50.5 Å². The van der Waals surface area contributed by atoms with Crippen LogP contribution < -0.4 is 10.6 Å². The number of pyridine rings is 2. The molecule has 5 heterocycles. The van der Waals surface area contributed by atoms with E-state index in [1.54, 1.807) is 18.3 Å². The van der Waals surface area contributed by atoms with Crippen molar-refractivity contribution in [3.8, 4) is 6.07 Å². The van der Waals surface area contributed by atoms with Crippen molar-refractivity contribution in [3.05, 3.63) is 69.2 Å². The van der Waals surface area contributed by atoms with E-state index in [9.17, 15) is 9.59 Å². The minimum atomic E-state index is -0.263. The Hall–Kier alpha value is -4.48. The molecular formula is C27H24N10O2S2. The van der Waals surface area contributed by atoms with Gasteiger partial charge >= 0.3 is 0 Å². The Balaban J connectivity index is 1.02. The Labute approximate surface area is 243 Å². The Morgan fingerprint density at radius 2 is 1.46 bits per heavy atom. The number of anilines is 2. The van der Waals surface area contributed by atoms with E-state index < -0.39 is 0 Å². The average molecular weight is 585 g/mol. The number of hydrogen-bond donors (Lipinski definition) is 2. The quantitative estimate of drug-likeness (QED) is 0.298. The molecule has 2 N–H and O–H groups in total. The highest BCUT2D eigenvalue weighted by molar-refractivity contribution is 7.15. The summed E-state index contributed by atoms with van der Waals surface area (Å²) in [5.41, 5.74) is 3.72. The van der Waals surface area contributed by atoms with Gasteiger partial charge in [-0.25, -0.2) is 0 Å². The van der Waals surface area contributed by atoms with Gasteiger partial charge in [0.15, 0.2) is 0 Å². The molecule has 4 aromatic rings. The van der Waals surface area contributed by atoms with Crippen molar-refractivity contribution in [3.63, 3.8) is 0 Å². The smallest absolute Gasteiger partial charge is 0.232 e. The number of nitriles is 1. The molecule has 0 unspecified atom stereocenters. The molecule has 2 amide bonds. The second-order valence-corrected chi connectivity index (χ2v) is 11.9. The number of carbonyl (C=O) groups is 2. The maximum absolute atomic E-state index is 12.6. The first-order chi connectivity index (χ1) is 20.0. The molecule has 0 spiro atoms. The van der Waals surface area contributed by atoms with Crippen LogP contribution >= 0.6 is 22.7 Å². The highest BCUT2D eigenvalue weighted by Crippen LogP contribution is 2.43. The zero-order chi connectivity index (χ0) is 28.2. The molecule has 1 aliphatic heterocycles. The van der Waals surface area contributed by atoms with Crippen LogP contribution in [0, 0.1) is 11.3 Å². The van der Waals surface area contributed by atoms with Crippen LogP contribution in [-0.2, 0) is 22.4 Å². The maximum Gasteiger partial charge on any atom is 0.232 e. The van der Waals surface area contributed by atoms with E-state index in [4.69, 9.17) is 5.26 Å². The topological polar surface area (TPSA) is 172 Å². The van der Waals surface area contributed by atoms with Crippen LogP contribution in [0.5, 0.6) is 0 Å². The molecule has 0 aromatic carbocycles. The first-order valence-corrected chi connectivity index (χ1v) is 14.8. The lowest BCUT2D eigenvalue weighted by Crippen LogP contribution is -2.15. The summed E-state index contributed by atoms with van der Waals surface area (Å²) < 4.78 is 0. The second kappa shape index (κ2) is 11.9. The van der Waals surface area contributed by atoms with Crippen LogP contribution in [-0.4, -0.2) is 54.4 Å². The fourth-order valence-corrected chi connectivity index (χ4v) is 6.63. The summed E-state index contributed by atoms with van der Waals surface area (Å²) in [5, 5.41) is 34.5. The normalized spacial score (nSPS) is 17.8. The minimum absolute atomic E-state index is 0.0461. The SMILES string of the molecule is N#Cc1ccnc(CC(=O)Nc2nnc([C@H]3CCC[C@H](c4nnc(NC(=O)Cc5cc(C6=NC6)ccn5)s4)C3)s2)c1. The fourth-order valence-electron chi connectivity index (χ4n) is 4.82. The molecule has 1 saturated carbocycles. The van der Waals surface area contributed by atoms with Gasteiger partial charge < -0.3 is 10.6 Å². The number of nitrogens with one attached hydrogen (secondary N) is 2. The molecule has 1 fully saturated rings. The van der Waals surface area contributed by atoms with Gasteiger partial charge in [0.1, 0.15) is 10.0 Å². The highest BCUT2D eigenvalue weighted by Gasteiger charge is 2.29. The van der Waals surface area contributed by atoms with Gasteiger partial charge in [-0.3, -0.25) is 24.5 Å². The lowest BCUT2D eigenvalue weighted by Gasteiger charge is -2.25. The van der Waals surface area contributed by atoms with Crippen LogP contribution in [0.3, 0.4) is 0 Å². The molecule has 6 rings (SSSR count). The van der Waals surface area contributed by atoms with E-state index in [2.05, 4.69) is 46.0 Å². The van der Waals surface area contributed by atoms with Gasteiger partial charge in [-0.2, -0.15) is 5.26 Å². The Bertz CT molecular complexity index is 1670. The summed E-state index contributed by atoms with van der Waals surface area (Å²) in [6.45, 7) is 0.750. The van der Waals surface area contributed by atoms with Crippen molar-refractivity contribution in [1.82, 2.24) is 30.4 Å². The largest absolute Gasteiger partial charge is 0.300 e. The van der Waals surface area contributed by atoms with Gasteiger partial charge in [-0.15, -0.1) is 20.4 Å². The predicted molar refractivity (Wildman–Crippen MR) is 153 cm³/mol. The first kappa shape index (κ1) is 26.7. The lowest BCUT2D eigenvalue weighted by molar-refractivity contribution is -0.116. The summed E-state index contributed by atoms with van der Waals surface area (Å²) in [5.74, 6) is -0.0492. The van der Waals surface area contributed by atoms with Crippen LogP contribution in [0.1, 0.15) is 70.0 Å². The van der Waals surface area contributed by atoms with Crippen molar-refractivity contribution in [2.45, 2.75) is 50.4 Å². The molecule has 2 atom stereocenters. The molecule has 12 nitrogen and oxygen atoms in total. The van der Waals surface area contributed by atoms with E-state index in [1.807, 2.05) is 18.2 Å². The van der Waals surface area contributed by atoms with Crippen molar-refractivity contribution in [2.24, 2.45) is 4.99 Å². The summed E-state index contributed by atoms with van der Waals surface area (Å²) in [4.78, 5) is 37.7. The van der Waals surface area contributed by atoms with Gasteiger partial charge in [0, 0.05) is 29.8 Å². The van der Waals surface area contributed by atoms with Crippen molar-refractivity contribution in [2.75, 3.05) is 17.2 Å². The number of rotatable bonds is 9. The number of carbonyl (C=O) groups excluding carboxylic acids is 2. The van der Waals surface area contributed by atoms with Gasteiger partial charge in [-0.1, -0.05) is 29.1 Å². The van der Waals surface area contributed by atoms with Gasteiger partial charge in [0.05, 0.1) is 48.1 Å². The first-order valence-electron chi connectivity index (χ1n) is 13.1. The lowest BCUT2D eigenvalue weighted by atomic mass is 9.82. The zero-order valence-corrected chi connectivity index (χ0v) is 23.4. The van der Waals surface area contributed by atoms with E-state index >= 15 is 0 Å². The summed E-state index contributed by atoms with van der Waals surface area (Å²) in [6.07, 6.45) is 7.22. The highest BCUT2D eigenvalue weighted by atomic mass is 32.1. The molecule has 41 heavy (non-hydrogen) atoms. The number of hydrogen-bond acceptors (Lipinski definition) is 12. The Morgan fingerprint density at radius 1 is 0.878 bits per heavy atom. The monoisotopic (exact) mass is 584 g/mol. The van der Waals surface area contributed by atoms with E-state index in [1.165, 1.54) is 28.9 Å². The minimum Gasteiger partial charge on any atom is -0.300 e. The predicted octanol–water partition coefficient (Wildman–Crippen LogP) is 3.66. The third kappa shape index (κ3) is 6.82. The number of aliphatic imine (C=N–C) groups is 1. The second-order valence-electron chi connectivity index (χ2n) is 9.85. The molecule has 0 bridgehead atoms. The number of nitrogens with zero attached hydrogens (tertiary/aromatic N) is 8. The van der Waals surface area contributed by atoms with Crippen molar-refractivity contribution < 1.29 is 9.59 Å². The molecule has 2 aliphatic rings. The number of amides is 2. The fraction of sp³-hybridized carbons (Fsp3) is 0.333. The number of aromatic nitrogens is 6. The summed E-state index contributed by atoms with van der Waals surface area (Å²) >= 11 is 2.78. The molecule has 206 valence electrons. The zero-order valence-electron chi connectivity index (χ0n) is 21.8. The molecule has 14 heteroatoms. The van der Waals surface area contributed by atoms with E-state index in [0.29, 0.717) is 27.2 Å². The Morgan fingerprint density at radius 3 is 2.05 bits per heavy atom. The van der Waals surface area contributed by atoms with E-state index in [-0.39, 0.29) is 36.5 Å². The standard InChI is InChI=1S/C27H24N10O2S2/c28-13-15-4-6-29-19(8-15)11-22(38)32-26-36-34-24(40-26)17-2-1-3-18(9-17)25-35-37-27(41-25)33-23(39)12-20-10-16(5-7-30-20)21-14-31-21/h4-8,10,17-18H,1-3,9,11-12,14H2,(H,32,36,38)(H,33,37,39)/t17-,18-/m0/s1. The van der Waals surface area contributed by atoms with Gasteiger partial charge in [-0.05, 0) is 43.5 Å². The average Bonchev–Trinajstić information content (AvgIpc) is 3.56. The van der Waals surface area contributed by atoms with E-state index in [0.717, 1.165) is 53.5 Å². The molecule has 4 aromatic heterocycles. The maximum atomic E-state index is 12.6. The Kier molecular flexibility index (Phi) is 7.79. The third-order valence-corrected chi connectivity index (χ3v) is 8.84. The van der Waals surface area contributed by atoms with Crippen LogP contribution in [0.4, 0.5) is 10.3 Å². The van der Waals surface area contributed by atoms with Crippen LogP contribution in [0.2, 0.25) is 0 Å². The summed E-state index contributed by atoms with van der Waals surface area (Å²) in [6, 6.07) is 9.04. The van der Waals surface area contributed by atoms with Crippen molar-refractivity contribution in [1.29, 1.82) is 5.26 Å². The molecule has 0 saturated heterocycles. The molecule has 0 radical (unpaired) electrons. The summed E-state index contributed by atoms with van der Waals surface area (Å²) in [7, 11) is 0. The van der Waals surface area contributed by atoms with Gasteiger partial charge in [0.25, 0.3) is 0 Å². The van der Waals surface area contributed by atoms with Crippen LogP contribution in [0.15, 0.2) is 41.7 Å². The van der Waals surface area contributed by atoms with Gasteiger partial charge in [0.2, 0.25) is 22.1 Å². The third-order valence-electron chi connectivity index (χ3n) is 6.84. The van der Waals surface area contributed by atoms with Crippen LogP contribution in [0.25, 0.3) is 0 Å².